The fourth-order valence-electron chi connectivity index (χ4n) is 3.75. The van der Waals surface area contributed by atoms with E-state index in [0.717, 1.165) is 12.0 Å². The summed E-state index contributed by atoms with van der Waals surface area (Å²) >= 11 is 0. The number of non-ortho nitro benzene ring substituents is 1. The Morgan fingerprint density at radius 1 is 1.07 bits per heavy atom. The number of nitro benzene ring substituents is 1. The van der Waals surface area contributed by atoms with Gasteiger partial charge in [0, 0.05) is 37.3 Å². The lowest BCUT2D eigenvalue weighted by atomic mass is 9.94. The number of piperidine rings is 1. The first-order chi connectivity index (χ1) is 14.2. The number of nitro groups is 1. The van der Waals surface area contributed by atoms with E-state index in [1.54, 1.807) is 12.1 Å². The highest BCUT2D eigenvalue weighted by molar-refractivity contribution is 7.89. The van der Waals surface area contributed by atoms with E-state index in [1.165, 1.54) is 40.7 Å². The highest BCUT2D eigenvalue weighted by Gasteiger charge is 2.31. The topological polar surface area (TPSA) is 110 Å². The van der Waals surface area contributed by atoms with Crippen LogP contribution in [-0.2, 0) is 16.6 Å². The van der Waals surface area contributed by atoms with Crippen molar-refractivity contribution < 1.29 is 18.1 Å². The number of hydrogen-bond donors (Lipinski definition) is 1. The van der Waals surface area contributed by atoms with Crippen LogP contribution < -0.4 is 5.32 Å². The Morgan fingerprint density at radius 2 is 1.63 bits per heavy atom. The Morgan fingerprint density at radius 3 is 2.17 bits per heavy atom. The van der Waals surface area contributed by atoms with E-state index in [-0.39, 0.29) is 23.0 Å². The number of hydrogen-bond acceptors (Lipinski definition) is 5. The number of nitrogens with zero attached hydrogens (tertiary/aromatic N) is 2. The number of benzene rings is 2. The lowest BCUT2D eigenvalue weighted by molar-refractivity contribution is -0.384. The van der Waals surface area contributed by atoms with Crippen LogP contribution >= 0.6 is 0 Å². The molecule has 0 spiro atoms. The molecule has 1 heterocycles. The van der Waals surface area contributed by atoms with Crippen molar-refractivity contribution in [3.8, 4) is 0 Å². The molecule has 1 amide bonds. The molecule has 2 atom stereocenters. The minimum atomic E-state index is -3.59. The zero-order valence-corrected chi connectivity index (χ0v) is 17.8. The molecule has 0 radical (unpaired) electrons. The van der Waals surface area contributed by atoms with Crippen molar-refractivity contribution in [2.75, 3.05) is 13.1 Å². The zero-order valence-electron chi connectivity index (χ0n) is 16.9. The van der Waals surface area contributed by atoms with Gasteiger partial charge < -0.3 is 5.32 Å². The van der Waals surface area contributed by atoms with Crippen LogP contribution in [0, 0.1) is 22.0 Å². The van der Waals surface area contributed by atoms with E-state index in [4.69, 9.17) is 0 Å². The van der Waals surface area contributed by atoms with Gasteiger partial charge in [0.05, 0.1) is 9.82 Å². The summed E-state index contributed by atoms with van der Waals surface area (Å²) < 4.78 is 27.4. The van der Waals surface area contributed by atoms with E-state index in [1.807, 2.05) is 0 Å². The van der Waals surface area contributed by atoms with Gasteiger partial charge in [0.1, 0.15) is 0 Å². The summed E-state index contributed by atoms with van der Waals surface area (Å²) in [6, 6.07) is 11.8. The molecule has 1 saturated heterocycles. The number of nitrogens with one attached hydrogen (secondary N) is 1. The highest BCUT2D eigenvalue weighted by Crippen LogP contribution is 2.26. The standard InChI is InChI=1S/C21H25N3O5S/c1-15-11-16(2)14-23(13-15)30(28,29)20-9-5-18(6-10-20)21(25)22-12-17-3-7-19(8-4-17)24(26)27/h3-10,15-16H,11-14H2,1-2H3,(H,22,25). The van der Waals surface area contributed by atoms with Gasteiger partial charge in [-0.25, -0.2) is 8.42 Å². The predicted octanol–water partition coefficient (Wildman–Crippen LogP) is 3.19. The van der Waals surface area contributed by atoms with E-state index >= 15 is 0 Å². The summed E-state index contributed by atoms with van der Waals surface area (Å²) in [5.74, 6) is 0.276. The van der Waals surface area contributed by atoms with E-state index in [9.17, 15) is 23.3 Å². The maximum Gasteiger partial charge on any atom is 0.269 e. The molecular formula is C21H25N3O5S. The van der Waals surface area contributed by atoms with Gasteiger partial charge in [-0.05, 0) is 48.1 Å². The van der Waals surface area contributed by atoms with Crippen LogP contribution in [0.1, 0.15) is 36.2 Å². The molecule has 0 saturated carbocycles. The van der Waals surface area contributed by atoms with Crippen molar-refractivity contribution in [1.82, 2.24) is 9.62 Å². The van der Waals surface area contributed by atoms with Crippen molar-refractivity contribution in [3.63, 3.8) is 0 Å². The van der Waals surface area contributed by atoms with Gasteiger partial charge in [0.2, 0.25) is 10.0 Å². The monoisotopic (exact) mass is 431 g/mol. The summed E-state index contributed by atoms with van der Waals surface area (Å²) in [5, 5.41) is 13.4. The molecule has 160 valence electrons. The fraction of sp³-hybridized carbons (Fsp3) is 0.381. The van der Waals surface area contributed by atoms with E-state index in [2.05, 4.69) is 19.2 Å². The molecule has 1 aliphatic rings. The Balaban J connectivity index is 1.64. The minimum absolute atomic E-state index is 0.0145. The molecule has 1 fully saturated rings. The van der Waals surface area contributed by atoms with Crippen LogP contribution in [0.3, 0.4) is 0 Å². The molecule has 2 aromatic rings. The van der Waals surface area contributed by atoms with Crippen molar-refractivity contribution in [2.24, 2.45) is 11.8 Å². The van der Waals surface area contributed by atoms with Gasteiger partial charge >= 0.3 is 0 Å². The maximum absolute atomic E-state index is 12.9. The van der Waals surface area contributed by atoms with Crippen molar-refractivity contribution in [3.05, 3.63) is 69.8 Å². The number of carbonyl (C=O) groups is 1. The van der Waals surface area contributed by atoms with Gasteiger partial charge in [0.15, 0.2) is 0 Å². The first-order valence-corrected chi connectivity index (χ1v) is 11.2. The first kappa shape index (κ1) is 21.9. The summed E-state index contributed by atoms with van der Waals surface area (Å²) in [6.45, 7) is 5.32. The molecule has 0 aliphatic carbocycles. The third-order valence-corrected chi connectivity index (χ3v) is 7.04. The van der Waals surface area contributed by atoms with Gasteiger partial charge in [0.25, 0.3) is 11.6 Å². The first-order valence-electron chi connectivity index (χ1n) is 9.78. The molecule has 2 aromatic carbocycles. The zero-order chi connectivity index (χ0) is 21.9. The SMILES string of the molecule is CC1CC(C)CN(S(=O)(=O)c2ccc(C(=O)NCc3ccc([N+](=O)[O-])cc3)cc2)C1. The summed E-state index contributed by atoms with van der Waals surface area (Å²) in [6.07, 6.45) is 1.01. The van der Waals surface area contributed by atoms with Crippen LogP contribution in [0.5, 0.6) is 0 Å². The highest BCUT2D eigenvalue weighted by atomic mass is 32.2. The second kappa shape index (κ2) is 8.93. The van der Waals surface area contributed by atoms with Crippen LogP contribution in [0.25, 0.3) is 0 Å². The lowest BCUT2D eigenvalue weighted by Crippen LogP contribution is -2.42. The molecule has 1 N–H and O–H groups in total. The Hall–Kier alpha value is -2.78. The Kier molecular flexibility index (Phi) is 6.52. The number of sulfonamides is 1. The van der Waals surface area contributed by atoms with Crippen LogP contribution in [-0.4, -0.2) is 36.6 Å². The van der Waals surface area contributed by atoms with Crippen LogP contribution in [0.2, 0.25) is 0 Å². The third-order valence-electron chi connectivity index (χ3n) is 5.19. The van der Waals surface area contributed by atoms with Crippen LogP contribution in [0.4, 0.5) is 5.69 Å². The fourth-order valence-corrected chi connectivity index (χ4v) is 5.43. The normalized spacial score (nSPS) is 19.9. The van der Waals surface area contributed by atoms with E-state index in [0.29, 0.717) is 30.5 Å². The van der Waals surface area contributed by atoms with Gasteiger partial charge in [-0.3, -0.25) is 14.9 Å². The van der Waals surface area contributed by atoms with Gasteiger partial charge in [-0.15, -0.1) is 0 Å². The molecule has 8 nitrogen and oxygen atoms in total. The van der Waals surface area contributed by atoms with Crippen molar-refractivity contribution in [1.29, 1.82) is 0 Å². The maximum atomic E-state index is 12.9. The Labute approximate surface area is 176 Å². The summed E-state index contributed by atoms with van der Waals surface area (Å²) in [5.41, 5.74) is 1.05. The average Bonchev–Trinajstić information content (AvgIpc) is 2.71. The smallest absolute Gasteiger partial charge is 0.269 e. The number of amides is 1. The van der Waals surface area contributed by atoms with Gasteiger partial charge in [-0.1, -0.05) is 26.0 Å². The molecule has 30 heavy (non-hydrogen) atoms. The Bertz CT molecular complexity index is 1010. The summed E-state index contributed by atoms with van der Waals surface area (Å²) in [4.78, 5) is 22.7. The molecule has 0 aromatic heterocycles. The molecule has 1 aliphatic heterocycles. The molecule has 2 unspecified atom stereocenters. The second-order valence-corrected chi connectivity index (χ2v) is 9.84. The van der Waals surface area contributed by atoms with Gasteiger partial charge in [-0.2, -0.15) is 4.31 Å². The lowest BCUT2D eigenvalue weighted by Gasteiger charge is -2.34. The largest absolute Gasteiger partial charge is 0.348 e. The second-order valence-electron chi connectivity index (χ2n) is 7.90. The number of carbonyl (C=O) groups excluding carboxylic acids is 1. The quantitative estimate of drug-likeness (QED) is 0.558. The van der Waals surface area contributed by atoms with Crippen molar-refractivity contribution >= 4 is 21.6 Å². The molecule has 3 rings (SSSR count). The third kappa shape index (κ3) is 5.03. The predicted molar refractivity (Wildman–Crippen MR) is 112 cm³/mol. The molecule has 9 heteroatoms. The summed E-state index contributed by atoms with van der Waals surface area (Å²) in [7, 11) is -3.59. The molecule has 0 bridgehead atoms. The van der Waals surface area contributed by atoms with E-state index < -0.39 is 14.9 Å². The average molecular weight is 432 g/mol. The minimum Gasteiger partial charge on any atom is -0.348 e. The number of rotatable bonds is 6. The molecular weight excluding hydrogens is 406 g/mol. The van der Waals surface area contributed by atoms with Crippen molar-refractivity contribution in [2.45, 2.75) is 31.7 Å². The van der Waals surface area contributed by atoms with Crippen LogP contribution in [0.15, 0.2) is 53.4 Å².